The summed E-state index contributed by atoms with van der Waals surface area (Å²) in [6.45, 7) is 7.23. The number of benzene rings is 1. The van der Waals surface area contributed by atoms with E-state index >= 15 is 0 Å². The fraction of sp³-hybridized carbons (Fsp3) is 0.375. The Morgan fingerprint density at radius 2 is 2.05 bits per heavy atom. The van der Waals surface area contributed by atoms with Crippen LogP contribution < -0.4 is 10.6 Å². The summed E-state index contributed by atoms with van der Waals surface area (Å²) in [5, 5.41) is 4.44. The van der Waals surface area contributed by atoms with Crippen molar-refractivity contribution < 1.29 is 4.79 Å². The smallest absolute Gasteiger partial charge is 0.276 e. The highest BCUT2D eigenvalue weighted by atomic mass is 16.2. The molecule has 0 saturated carbocycles. The average Bonchev–Trinajstić information content (AvgIpc) is 2.91. The standard InChI is InChI=1S/C16H22N4O/c1-4-13-11-15(20(6-3)18-13)16(21)19(5-2)14-9-7-8-12(17)10-14/h7-11H,4-6,17H2,1-3H3. The summed E-state index contributed by atoms with van der Waals surface area (Å²) in [6.07, 6.45) is 0.817. The highest BCUT2D eigenvalue weighted by Crippen LogP contribution is 2.20. The molecular weight excluding hydrogens is 264 g/mol. The van der Waals surface area contributed by atoms with Crippen molar-refractivity contribution in [2.75, 3.05) is 17.2 Å². The number of carbonyl (C=O) groups excluding carboxylic acids is 1. The van der Waals surface area contributed by atoms with Crippen LogP contribution in [0.2, 0.25) is 0 Å². The Bertz CT molecular complexity index is 633. The Hall–Kier alpha value is -2.30. The van der Waals surface area contributed by atoms with Crippen molar-refractivity contribution >= 4 is 17.3 Å². The number of hydrogen-bond acceptors (Lipinski definition) is 3. The maximum Gasteiger partial charge on any atom is 0.276 e. The number of nitrogens with zero attached hydrogens (tertiary/aromatic N) is 3. The summed E-state index contributed by atoms with van der Waals surface area (Å²) in [4.78, 5) is 14.5. The Labute approximate surface area is 125 Å². The van der Waals surface area contributed by atoms with E-state index < -0.39 is 0 Å². The van der Waals surface area contributed by atoms with E-state index in [2.05, 4.69) is 5.10 Å². The lowest BCUT2D eigenvalue weighted by atomic mass is 10.2. The quantitative estimate of drug-likeness (QED) is 0.859. The van der Waals surface area contributed by atoms with Crippen LogP contribution in [0.15, 0.2) is 30.3 Å². The number of aryl methyl sites for hydroxylation is 2. The van der Waals surface area contributed by atoms with Crippen LogP contribution in [-0.2, 0) is 13.0 Å². The Kier molecular flexibility index (Phi) is 4.62. The van der Waals surface area contributed by atoms with Gasteiger partial charge in [0.05, 0.1) is 5.69 Å². The van der Waals surface area contributed by atoms with Crippen molar-refractivity contribution in [1.82, 2.24) is 9.78 Å². The lowest BCUT2D eigenvalue weighted by Gasteiger charge is -2.21. The van der Waals surface area contributed by atoms with Gasteiger partial charge in [-0.05, 0) is 44.5 Å². The first-order chi connectivity index (χ1) is 10.1. The van der Waals surface area contributed by atoms with Gasteiger partial charge in [-0.2, -0.15) is 5.10 Å². The molecule has 0 spiro atoms. The van der Waals surface area contributed by atoms with Crippen molar-refractivity contribution in [1.29, 1.82) is 0 Å². The van der Waals surface area contributed by atoms with Crippen LogP contribution in [0.3, 0.4) is 0 Å². The lowest BCUT2D eigenvalue weighted by Crippen LogP contribution is -2.32. The third kappa shape index (κ3) is 3.07. The molecule has 0 fully saturated rings. The Balaban J connectivity index is 2.38. The minimum Gasteiger partial charge on any atom is -0.399 e. The maximum atomic E-state index is 12.8. The van der Waals surface area contributed by atoms with Crippen LogP contribution in [0.25, 0.3) is 0 Å². The first-order valence-electron chi connectivity index (χ1n) is 7.34. The summed E-state index contributed by atoms with van der Waals surface area (Å²) < 4.78 is 1.76. The zero-order valence-electron chi connectivity index (χ0n) is 12.8. The topological polar surface area (TPSA) is 64.2 Å². The largest absolute Gasteiger partial charge is 0.399 e. The van der Waals surface area contributed by atoms with Crippen molar-refractivity contribution in [3.05, 3.63) is 41.7 Å². The van der Waals surface area contributed by atoms with Crippen LogP contribution in [0, 0.1) is 0 Å². The highest BCUT2D eigenvalue weighted by Gasteiger charge is 2.21. The van der Waals surface area contributed by atoms with Gasteiger partial charge in [0.2, 0.25) is 0 Å². The molecule has 2 rings (SSSR count). The summed E-state index contributed by atoms with van der Waals surface area (Å²) in [5.74, 6) is -0.0443. The summed E-state index contributed by atoms with van der Waals surface area (Å²) in [5.41, 5.74) is 8.83. The number of aromatic nitrogens is 2. The number of nitrogen functional groups attached to an aromatic ring is 1. The van der Waals surface area contributed by atoms with E-state index in [0.29, 0.717) is 24.5 Å². The van der Waals surface area contributed by atoms with Gasteiger partial charge in [-0.1, -0.05) is 13.0 Å². The normalized spacial score (nSPS) is 10.6. The predicted octanol–water partition coefficient (Wildman–Crippen LogP) is 2.71. The van der Waals surface area contributed by atoms with Crippen molar-refractivity contribution in [2.45, 2.75) is 33.7 Å². The molecule has 112 valence electrons. The third-order valence-corrected chi connectivity index (χ3v) is 3.45. The second kappa shape index (κ2) is 6.43. The monoisotopic (exact) mass is 286 g/mol. The van der Waals surface area contributed by atoms with E-state index in [9.17, 15) is 4.79 Å². The molecule has 0 aliphatic heterocycles. The molecule has 2 N–H and O–H groups in total. The molecule has 5 heteroatoms. The molecule has 0 aliphatic rings. The second-order valence-electron chi connectivity index (χ2n) is 4.83. The van der Waals surface area contributed by atoms with E-state index in [1.807, 2.05) is 51.1 Å². The molecule has 1 heterocycles. The molecule has 21 heavy (non-hydrogen) atoms. The van der Waals surface area contributed by atoms with E-state index in [0.717, 1.165) is 17.8 Å². The predicted molar refractivity (Wildman–Crippen MR) is 85.5 cm³/mol. The molecule has 0 unspecified atom stereocenters. The fourth-order valence-corrected chi connectivity index (χ4v) is 2.33. The van der Waals surface area contributed by atoms with Gasteiger partial charge in [0.1, 0.15) is 5.69 Å². The molecule has 1 aromatic heterocycles. The van der Waals surface area contributed by atoms with Crippen LogP contribution in [0.4, 0.5) is 11.4 Å². The molecular formula is C16H22N4O. The molecule has 5 nitrogen and oxygen atoms in total. The molecule has 1 aromatic carbocycles. The highest BCUT2D eigenvalue weighted by molar-refractivity contribution is 6.05. The number of anilines is 2. The number of carbonyl (C=O) groups is 1. The van der Waals surface area contributed by atoms with Crippen molar-refractivity contribution in [2.24, 2.45) is 0 Å². The van der Waals surface area contributed by atoms with Crippen LogP contribution in [-0.4, -0.2) is 22.2 Å². The van der Waals surface area contributed by atoms with E-state index in [1.54, 1.807) is 9.58 Å². The second-order valence-corrected chi connectivity index (χ2v) is 4.83. The Morgan fingerprint density at radius 3 is 2.62 bits per heavy atom. The number of hydrogen-bond donors (Lipinski definition) is 1. The summed E-state index contributed by atoms with van der Waals surface area (Å²) in [6, 6.07) is 9.25. The van der Waals surface area contributed by atoms with Crippen molar-refractivity contribution in [3.8, 4) is 0 Å². The number of rotatable bonds is 5. The van der Waals surface area contributed by atoms with E-state index in [-0.39, 0.29) is 5.91 Å². The van der Waals surface area contributed by atoms with Crippen LogP contribution in [0.1, 0.15) is 37.0 Å². The maximum absolute atomic E-state index is 12.8. The van der Waals surface area contributed by atoms with E-state index in [4.69, 9.17) is 5.73 Å². The van der Waals surface area contributed by atoms with Gasteiger partial charge < -0.3 is 10.6 Å². The van der Waals surface area contributed by atoms with Gasteiger partial charge in [-0.3, -0.25) is 9.48 Å². The fourth-order valence-electron chi connectivity index (χ4n) is 2.33. The first-order valence-corrected chi connectivity index (χ1v) is 7.34. The molecule has 0 bridgehead atoms. The SMILES string of the molecule is CCc1cc(C(=O)N(CC)c2cccc(N)c2)n(CC)n1. The zero-order valence-corrected chi connectivity index (χ0v) is 12.8. The van der Waals surface area contributed by atoms with Gasteiger partial charge in [0, 0.05) is 24.5 Å². The molecule has 0 aliphatic carbocycles. The molecule has 1 amide bonds. The minimum atomic E-state index is -0.0443. The first kappa shape index (κ1) is 15.1. The molecule has 0 saturated heterocycles. The third-order valence-electron chi connectivity index (χ3n) is 3.45. The van der Waals surface area contributed by atoms with Crippen LogP contribution >= 0.6 is 0 Å². The number of amides is 1. The summed E-state index contributed by atoms with van der Waals surface area (Å²) in [7, 11) is 0. The average molecular weight is 286 g/mol. The van der Waals surface area contributed by atoms with Gasteiger partial charge in [-0.25, -0.2) is 0 Å². The van der Waals surface area contributed by atoms with Crippen molar-refractivity contribution in [3.63, 3.8) is 0 Å². The molecule has 0 atom stereocenters. The Morgan fingerprint density at radius 1 is 1.29 bits per heavy atom. The van der Waals surface area contributed by atoms with Gasteiger partial charge in [-0.15, -0.1) is 0 Å². The van der Waals surface area contributed by atoms with Crippen LogP contribution in [0.5, 0.6) is 0 Å². The van der Waals surface area contributed by atoms with Gasteiger partial charge in [0.25, 0.3) is 5.91 Å². The molecule has 0 radical (unpaired) electrons. The number of nitrogens with two attached hydrogens (primary N) is 1. The van der Waals surface area contributed by atoms with E-state index in [1.165, 1.54) is 0 Å². The zero-order chi connectivity index (χ0) is 15.4. The van der Waals surface area contributed by atoms with Gasteiger partial charge in [0.15, 0.2) is 0 Å². The minimum absolute atomic E-state index is 0.0443. The summed E-state index contributed by atoms with van der Waals surface area (Å²) >= 11 is 0. The lowest BCUT2D eigenvalue weighted by molar-refractivity contribution is 0.0978. The van der Waals surface area contributed by atoms with Gasteiger partial charge >= 0.3 is 0 Å². The molecule has 2 aromatic rings.